The van der Waals surface area contributed by atoms with Gasteiger partial charge in [-0.1, -0.05) is 0 Å². The first-order valence-electron chi connectivity index (χ1n) is 8.68. The van der Waals surface area contributed by atoms with Crippen molar-refractivity contribution in [3.63, 3.8) is 0 Å². The van der Waals surface area contributed by atoms with E-state index in [0.29, 0.717) is 5.56 Å². The largest absolute Gasteiger partial charge is 0.484 e. The maximum atomic E-state index is 12.5. The van der Waals surface area contributed by atoms with Crippen LogP contribution in [-0.4, -0.2) is 42.7 Å². The van der Waals surface area contributed by atoms with Gasteiger partial charge in [-0.3, -0.25) is 14.6 Å². The van der Waals surface area contributed by atoms with Crippen molar-refractivity contribution in [3.8, 4) is 5.75 Å². The van der Waals surface area contributed by atoms with Gasteiger partial charge in [-0.05, 0) is 39.5 Å². The zero-order chi connectivity index (χ0) is 20.4. The van der Waals surface area contributed by atoms with Gasteiger partial charge in [0.05, 0.1) is 5.41 Å². The van der Waals surface area contributed by atoms with Crippen molar-refractivity contribution in [2.45, 2.75) is 51.7 Å². The SMILES string of the molecule is CNC(=O)C(C)(C)C(C)NC(=O)c1cc(OCC(F)(F)F)c(C2CC2)cn1. The number of carbonyl (C=O) groups is 2. The van der Waals surface area contributed by atoms with Gasteiger partial charge in [-0.15, -0.1) is 0 Å². The third-order valence-electron chi connectivity index (χ3n) is 4.78. The highest BCUT2D eigenvalue weighted by atomic mass is 19.4. The average molecular weight is 387 g/mol. The quantitative estimate of drug-likeness (QED) is 0.754. The molecule has 2 rings (SSSR count). The zero-order valence-corrected chi connectivity index (χ0v) is 15.7. The number of halogens is 3. The lowest BCUT2D eigenvalue weighted by Gasteiger charge is -2.30. The molecule has 0 aliphatic heterocycles. The van der Waals surface area contributed by atoms with Gasteiger partial charge in [0.1, 0.15) is 11.4 Å². The first-order chi connectivity index (χ1) is 12.5. The number of alkyl halides is 3. The smallest absolute Gasteiger partial charge is 0.422 e. The number of hydrogen-bond donors (Lipinski definition) is 2. The third-order valence-corrected chi connectivity index (χ3v) is 4.78. The van der Waals surface area contributed by atoms with Crippen LogP contribution in [0.4, 0.5) is 13.2 Å². The second-order valence-corrected chi connectivity index (χ2v) is 7.28. The van der Waals surface area contributed by atoms with Crippen molar-refractivity contribution in [1.29, 1.82) is 0 Å². The summed E-state index contributed by atoms with van der Waals surface area (Å²) in [6.45, 7) is 3.60. The van der Waals surface area contributed by atoms with Crippen molar-refractivity contribution in [2.24, 2.45) is 5.41 Å². The lowest BCUT2D eigenvalue weighted by Crippen LogP contribution is -2.50. The van der Waals surface area contributed by atoms with Gasteiger partial charge in [-0.25, -0.2) is 0 Å². The number of nitrogens with zero attached hydrogens (tertiary/aromatic N) is 1. The fraction of sp³-hybridized carbons (Fsp3) is 0.611. The molecule has 1 unspecified atom stereocenters. The summed E-state index contributed by atoms with van der Waals surface area (Å²) in [5.41, 5.74) is -0.362. The monoisotopic (exact) mass is 387 g/mol. The fourth-order valence-corrected chi connectivity index (χ4v) is 2.53. The Morgan fingerprint density at radius 1 is 1.33 bits per heavy atom. The predicted molar refractivity (Wildman–Crippen MR) is 92.5 cm³/mol. The molecule has 6 nitrogen and oxygen atoms in total. The Balaban J connectivity index is 2.17. The highest BCUT2D eigenvalue weighted by Crippen LogP contribution is 2.44. The Kier molecular flexibility index (Phi) is 6.01. The molecule has 0 bridgehead atoms. The topological polar surface area (TPSA) is 80.3 Å². The summed E-state index contributed by atoms with van der Waals surface area (Å²) in [5, 5.41) is 5.21. The third kappa shape index (κ3) is 5.33. The van der Waals surface area contributed by atoms with Crippen LogP contribution in [0.25, 0.3) is 0 Å². The van der Waals surface area contributed by atoms with Crippen molar-refractivity contribution >= 4 is 11.8 Å². The lowest BCUT2D eigenvalue weighted by atomic mass is 9.84. The first kappa shape index (κ1) is 21.0. The minimum absolute atomic E-state index is 0.0215. The Morgan fingerprint density at radius 2 is 1.96 bits per heavy atom. The fourth-order valence-electron chi connectivity index (χ4n) is 2.53. The summed E-state index contributed by atoms with van der Waals surface area (Å²) in [7, 11) is 1.50. The van der Waals surface area contributed by atoms with Gasteiger partial charge in [0.25, 0.3) is 5.91 Å². The molecule has 1 atom stereocenters. The molecule has 150 valence electrons. The van der Waals surface area contributed by atoms with Gasteiger partial charge in [-0.2, -0.15) is 13.2 Å². The molecule has 0 spiro atoms. The number of pyridine rings is 1. The second kappa shape index (κ2) is 7.74. The van der Waals surface area contributed by atoms with Crippen LogP contribution >= 0.6 is 0 Å². The van der Waals surface area contributed by atoms with E-state index in [2.05, 4.69) is 15.6 Å². The van der Waals surface area contributed by atoms with Crippen LogP contribution in [0.3, 0.4) is 0 Å². The van der Waals surface area contributed by atoms with E-state index in [4.69, 9.17) is 4.74 Å². The van der Waals surface area contributed by atoms with Gasteiger partial charge in [0, 0.05) is 30.9 Å². The van der Waals surface area contributed by atoms with E-state index >= 15 is 0 Å². The predicted octanol–water partition coefficient (Wildman–Crippen LogP) is 2.79. The molecule has 2 amide bonds. The molecular formula is C18H24F3N3O3. The van der Waals surface area contributed by atoms with E-state index in [1.54, 1.807) is 20.8 Å². The van der Waals surface area contributed by atoms with Crippen LogP contribution < -0.4 is 15.4 Å². The highest BCUT2D eigenvalue weighted by Gasteiger charge is 2.35. The minimum Gasteiger partial charge on any atom is -0.484 e. The molecule has 1 aromatic heterocycles. The van der Waals surface area contributed by atoms with Crippen molar-refractivity contribution < 1.29 is 27.5 Å². The lowest BCUT2D eigenvalue weighted by molar-refractivity contribution is -0.153. The molecule has 1 aliphatic rings. The van der Waals surface area contributed by atoms with E-state index in [1.807, 2.05) is 0 Å². The van der Waals surface area contributed by atoms with E-state index < -0.39 is 30.1 Å². The van der Waals surface area contributed by atoms with E-state index in [1.165, 1.54) is 19.3 Å². The van der Waals surface area contributed by atoms with Crippen LogP contribution in [0.2, 0.25) is 0 Å². The first-order valence-corrected chi connectivity index (χ1v) is 8.68. The molecule has 0 radical (unpaired) electrons. The molecule has 27 heavy (non-hydrogen) atoms. The summed E-state index contributed by atoms with van der Waals surface area (Å²) >= 11 is 0. The Morgan fingerprint density at radius 3 is 2.48 bits per heavy atom. The number of nitrogens with one attached hydrogen (secondary N) is 2. The summed E-state index contributed by atoms with van der Waals surface area (Å²) in [4.78, 5) is 28.5. The van der Waals surface area contributed by atoms with Crippen LogP contribution in [0.1, 0.15) is 55.6 Å². The Hall–Kier alpha value is -2.32. The minimum atomic E-state index is -4.47. The molecule has 2 N–H and O–H groups in total. The van der Waals surface area contributed by atoms with Gasteiger partial charge in [0.15, 0.2) is 6.61 Å². The van der Waals surface area contributed by atoms with Crippen LogP contribution in [0.5, 0.6) is 5.75 Å². The number of amides is 2. The van der Waals surface area contributed by atoms with Gasteiger partial charge >= 0.3 is 6.18 Å². The van der Waals surface area contributed by atoms with E-state index in [-0.39, 0.29) is 23.3 Å². The highest BCUT2D eigenvalue weighted by molar-refractivity contribution is 5.93. The van der Waals surface area contributed by atoms with Gasteiger partial charge in [0.2, 0.25) is 5.91 Å². The molecule has 1 aliphatic carbocycles. The number of ether oxygens (including phenoxy) is 1. The molecule has 0 aromatic carbocycles. The standard InChI is InChI=1S/C18H24F3N3O3/c1-10(17(2,3)16(26)22-4)24-15(25)13-7-14(27-9-18(19,20)21)12(8-23-13)11-5-6-11/h7-8,10-11H,5-6,9H2,1-4H3,(H,22,26)(H,24,25). The molecule has 0 saturated heterocycles. The number of rotatable bonds is 7. The van der Waals surface area contributed by atoms with Gasteiger partial charge < -0.3 is 15.4 Å². The van der Waals surface area contributed by atoms with Crippen LogP contribution in [0.15, 0.2) is 12.3 Å². The maximum absolute atomic E-state index is 12.5. The molecule has 1 fully saturated rings. The zero-order valence-electron chi connectivity index (χ0n) is 15.7. The summed E-state index contributed by atoms with van der Waals surface area (Å²) in [5.74, 6) is -0.697. The number of aromatic nitrogens is 1. The Bertz CT molecular complexity index is 716. The summed E-state index contributed by atoms with van der Waals surface area (Å²) in [6, 6.07) is 0.698. The maximum Gasteiger partial charge on any atom is 0.422 e. The average Bonchev–Trinajstić information content (AvgIpc) is 3.42. The second-order valence-electron chi connectivity index (χ2n) is 7.28. The molecule has 1 aromatic rings. The number of hydrogen-bond acceptors (Lipinski definition) is 4. The van der Waals surface area contributed by atoms with Crippen LogP contribution in [0, 0.1) is 5.41 Å². The normalized spacial score (nSPS) is 15.8. The van der Waals surface area contributed by atoms with E-state index in [0.717, 1.165) is 12.8 Å². The molecule has 1 saturated carbocycles. The molecular weight excluding hydrogens is 363 g/mol. The summed E-state index contributed by atoms with van der Waals surface area (Å²) in [6.07, 6.45) is -1.37. The number of carbonyl (C=O) groups excluding carboxylic acids is 2. The van der Waals surface area contributed by atoms with Crippen molar-refractivity contribution in [2.75, 3.05) is 13.7 Å². The molecule has 9 heteroatoms. The van der Waals surface area contributed by atoms with Crippen molar-refractivity contribution in [1.82, 2.24) is 15.6 Å². The Labute approximate surface area is 155 Å². The van der Waals surface area contributed by atoms with E-state index in [9.17, 15) is 22.8 Å². The van der Waals surface area contributed by atoms with Crippen LogP contribution in [-0.2, 0) is 4.79 Å². The van der Waals surface area contributed by atoms with Crippen molar-refractivity contribution in [3.05, 3.63) is 23.5 Å². The summed E-state index contributed by atoms with van der Waals surface area (Å²) < 4.78 is 42.4. The molecule has 1 heterocycles.